The first-order valence-corrected chi connectivity index (χ1v) is 12.3. The van der Waals surface area contributed by atoms with Gasteiger partial charge in [-0.3, -0.25) is 4.90 Å². The van der Waals surface area contributed by atoms with Crippen LogP contribution in [-0.2, 0) is 10.7 Å². The van der Waals surface area contributed by atoms with Gasteiger partial charge in [0.05, 0.1) is 27.9 Å². The zero-order chi connectivity index (χ0) is 23.6. The standard InChI is InChI=1S/C22H20Cl2FN3O4S/c23-4-6-31-21-16(10-26)7-17(9-19(21)24)28-5-3-15-8-18(1-2-20(15)28)32-13-22(25)11-27(12-22)14-33(29)30/h1-3,5,7-9,33H,4,6,11-14H2. The minimum Gasteiger partial charge on any atom is -0.490 e. The molecule has 7 nitrogen and oxygen atoms in total. The van der Waals surface area contributed by atoms with Crippen LogP contribution in [0.1, 0.15) is 5.56 Å². The molecule has 1 aliphatic heterocycles. The second kappa shape index (κ2) is 9.77. The summed E-state index contributed by atoms with van der Waals surface area (Å²) >= 11 is 12.0. The summed E-state index contributed by atoms with van der Waals surface area (Å²) in [6.07, 6.45) is 1.84. The molecule has 0 atom stereocenters. The van der Waals surface area contributed by atoms with Crippen LogP contribution in [0.4, 0.5) is 4.39 Å². The maximum absolute atomic E-state index is 14.6. The van der Waals surface area contributed by atoms with Crippen molar-refractivity contribution < 1.29 is 22.3 Å². The summed E-state index contributed by atoms with van der Waals surface area (Å²) < 4.78 is 49.1. The number of hydrogen-bond acceptors (Lipinski definition) is 6. The van der Waals surface area contributed by atoms with Gasteiger partial charge in [0.25, 0.3) is 0 Å². The van der Waals surface area contributed by atoms with Crippen molar-refractivity contribution in [2.45, 2.75) is 5.67 Å². The maximum atomic E-state index is 14.6. The number of fused-ring (bicyclic) bond motifs is 1. The van der Waals surface area contributed by atoms with Crippen LogP contribution in [0.3, 0.4) is 0 Å². The van der Waals surface area contributed by atoms with Gasteiger partial charge in [0.1, 0.15) is 25.0 Å². The van der Waals surface area contributed by atoms with E-state index in [1.807, 2.05) is 22.9 Å². The highest BCUT2D eigenvalue weighted by atomic mass is 35.5. The van der Waals surface area contributed by atoms with Gasteiger partial charge in [-0.2, -0.15) is 5.26 Å². The number of nitrogens with zero attached hydrogens (tertiary/aromatic N) is 3. The largest absolute Gasteiger partial charge is 0.490 e. The Kier molecular flexibility index (Phi) is 7.00. The third-order valence-corrected chi connectivity index (χ3v) is 6.31. The van der Waals surface area contributed by atoms with E-state index in [1.54, 1.807) is 24.3 Å². The fraction of sp³-hybridized carbons (Fsp3) is 0.318. The second-order valence-corrected chi connectivity index (χ2v) is 9.49. The molecule has 1 aliphatic rings. The van der Waals surface area contributed by atoms with E-state index in [-0.39, 0.29) is 38.1 Å². The van der Waals surface area contributed by atoms with Crippen LogP contribution in [0.15, 0.2) is 42.6 Å². The minimum atomic E-state index is -2.56. The quantitative estimate of drug-likeness (QED) is 0.348. The molecule has 0 N–H and O–H groups in total. The number of alkyl halides is 2. The van der Waals surface area contributed by atoms with Gasteiger partial charge in [0.15, 0.2) is 22.1 Å². The van der Waals surface area contributed by atoms with Gasteiger partial charge in [0, 0.05) is 30.4 Å². The molecule has 0 amide bonds. The molecule has 2 aromatic carbocycles. The average molecular weight is 512 g/mol. The first kappa shape index (κ1) is 23.6. The summed E-state index contributed by atoms with van der Waals surface area (Å²) in [5.41, 5.74) is 0.270. The highest BCUT2D eigenvalue weighted by molar-refractivity contribution is 7.72. The molecule has 0 aliphatic carbocycles. The third-order valence-electron chi connectivity index (χ3n) is 5.24. The number of thiol groups is 1. The molecule has 4 rings (SSSR count). The fourth-order valence-electron chi connectivity index (χ4n) is 3.85. The van der Waals surface area contributed by atoms with E-state index in [1.165, 1.54) is 4.90 Å². The molecule has 11 heteroatoms. The molecular formula is C22H20Cl2FN3O4S. The Morgan fingerprint density at radius 2 is 1.97 bits per heavy atom. The lowest BCUT2D eigenvalue weighted by molar-refractivity contribution is -0.0505. The van der Waals surface area contributed by atoms with Crippen LogP contribution >= 0.6 is 23.2 Å². The average Bonchev–Trinajstić information content (AvgIpc) is 3.18. The topological polar surface area (TPSA) is 84.6 Å². The van der Waals surface area contributed by atoms with Crippen molar-refractivity contribution in [3.8, 4) is 23.3 Å². The van der Waals surface area contributed by atoms with Crippen molar-refractivity contribution in [1.82, 2.24) is 9.47 Å². The number of ether oxygens (including phenoxy) is 2. The summed E-state index contributed by atoms with van der Waals surface area (Å²) in [6.45, 7) is 0.140. The SMILES string of the molecule is N#Cc1cc(-n2ccc3cc(OCC4(F)CN(C[SH](=O)=O)C4)ccc32)cc(Cl)c1OCCCl. The van der Waals surface area contributed by atoms with E-state index in [0.717, 1.165) is 10.9 Å². The number of rotatable bonds is 9. The molecular weight excluding hydrogens is 492 g/mol. The van der Waals surface area contributed by atoms with Gasteiger partial charge >= 0.3 is 0 Å². The third kappa shape index (κ3) is 5.20. The van der Waals surface area contributed by atoms with E-state index in [0.29, 0.717) is 27.8 Å². The van der Waals surface area contributed by atoms with Crippen molar-refractivity contribution in [3.63, 3.8) is 0 Å². The lowest BCUT2D eigenvalue weighted by Gasteiger charge is -2.42. The van der Waals surface area contributed by atoms with Crippen LogP contribution in [0.5, 0.6) is 11.5 Å². The van der Waals surface area contributed by atoms with E-state index in [4.69, 9.17) is 32.7 Å². The Morgan fingerprint density at radius 1 is 1.18 bits per heavy atom. The monoisotopic (exact) mass is 511 g/mol. The van der Waals surface area contributed by atoms with Gasteiger partial charge in [-0.1, -0.05) is 11.6 Å². The highest BCUT2D eigenvalue weighted by Gasteiger charge is 2.44. The summed E-state index contributed by atoms with van der Waals surface area (Å²) in [4.78, 5) is 1.52. The summed E-state index contributed by atoms with van der Waals surface area (Å²) in [7, 11) is -2.56. The van der Waals surface area contributed by atoms with Gasteiger partial charge in [-0.15, -0.1) is 11.6 Å². The predicted molar refractivity (Wildman–Crippen MR) is 125 cm³/mol. The van der Waals surface area contributed by atoms with Gasteiger partial charge in [-0.25, -0.2) is 12.8 Å². The van der Waals surface area contributed by atoms with Crippen molar-refractivity contribution in [1.29, 1.82) is 5.26 Å². The maximum Gasteiger partial charge on any atom is 0.169 e. The molecule has 2 heterocycles. The Balaban J connectivity index is 1.51. The van der Waals surface area contributed by atoms with E-state index in [2.05, 4.69) is 6.07 Å². The Bertz CT molecular complexity index is 1290. The molecule has 1 saturated heterocycles. The van der Waals surface area contributed by atoms with Gasteiger partial charge in [0.2, 0.25) is 0 Å². The normalized spacial score (nSPS) is 15.4. The number of nitriles is 1. The minimum absolute atomic E-state index is 0.0293. The molecule has 0 radical (unpaired) electrons. The number of benzene rings is 2. The van der Waals surface area contributed by atoms with Crippen LogP contribution in [0.25, 0.3) is 16.6 Å². The van der Waals surface area contributed by atoms with Gasteiger partial charge in [-0.05, 0) is 36.4 Å². The summed E-state index contributed by atoms with van der Waals surface area (Å²) in [5, 5.41) is 10.7. The molecule has 0 unspecified atom stereocenters. The van der Waals surface area contributed by atoms with Crippen LogP contribution in [0.2, 0.25) is 5.02 Å². The molecule has 0 bridgehead atoms. The first-order valence-electron chi connectivity index (χ1n) is 10.0. The first-order chi connectivity index (χ1) is 15.8. The number of likely N-dealkylation sites (tertiary alicyclic amines) is 1. The van der Waals surface area contributed by atoms with Crippen LogP contribution in [-0.4, -0.2) is 61.6 Å². The molecule has 3 aromatic rings. The van der Waals surface area contributed by atoms with Crippen molar-refractivity contribution in [2.24, 2.45) is 0 Å². The lowest BCUT2D eigenvalue weighted by Crippen LogP contribution is -2.62. The summed E-state index contributed by atoms with van der Waals surface area (Å²) in [6, 6.07) is 12.7. The fourth-order valence-corrected chi connectivity index (χ4v) is 4.72. The zero-order valence-corrected chi connectivity index (χ0v) is 19.7. The molecule has 1 aromatic heterocycles. The molecule has 174 valence electrons. The smallest absolute Gasteiger partial charge is 0.169 e. The molecule has 0 spiro atoms. The Labute approximate surface area is 201 Å². The van der Waals surface area contributed by atoms with E-state index in [9.17, 15) is 18.1 Å². The molecule has 33 heavy (non-hydrogen) atoms. The van der Waals surface area contributed by atoms with Gasteiger partial charge < -0.3 is 14.0 Å². The predicted octanol–water partition coefficient (Wildman–Crippen LogP) is 3.74. The number of aromatic nitrogens is 1. The Morgan fingerprint density at radius 3 is 2.67 bits per heavy atom. The number of halogens is 3. The zero-order valence-electron chi connectivity index (χ0n) is 17.3. The van der Waals surface area contributed by atoms with E-state index < -0.39 is 16.4 Å². The van der Waals surface area contributed by atoms with Crippen molar-refractivity contribution in [3.05, 3.63) is 53.2 Å². The van der Waals surface area contributed by atoms with Crippen molar-refractivity contribution in [2.75, 3.05) is 38.1 Å². The summed E-state index contributed by atoms with van der Waals surface area (Å²) in [5.74, 6) is 0.940. The van der Waals surface area contributed by atoms with E-state index >= 15 is 0 Å². The van der Waals surface area contributed by atoms with Crippen LogP contribution in [0, 0.1) is 11.3 Å². The molecule has 0 saturated carbocycles. The Hall–Kier alpha value is -2.51. The number of hydrogen-bond donors (Lipinski definition) is 1. The van der Waals surface area contributed by atoms with Crippen molar-refractivity contribution >= 4 is 44.8 Å². The lowest BCUT2D eigenvalue weighted by atomic mass is 9.98. The highest BCUT2D eigenvalue weighted by Crippen LogP contribution is 2.34. The molecule has 1 fully saturated rings. The second-order valence-electron chi connectivity index (χ2n) is 7.76. The van der Waals surface area contributed by atoms with Crippen LogP contribution < -0.4 is 9.47 Å².